The summed E-state index contributed by atoms with van der Waals surface area (Å²) in [5.41, 5.74) is 0. The van der Waals surface area contributed by atoms with Gasteiger partial charge in [0.05, 0.1) is 6.10 Å². The first-order valence-electron chi connectivity index (χ1n) is 4.94. The van der Waals surface area contributed by atoms with Gasteiger partial charge >= 0.3 is 0 Å². The Bertz CT molecular complexity index is 189. The topological polar surface area (TPSA) is 20.2 Å². The predicted octanol–water partition coefficient (Wildman–Crippen LogP) is 2.44. The molecular formula is C11H18OS. The molecule has 0 bridgehead atoms. The number of terminal acetylenes is 1. The van der Waals surface area contributed by atoms with E-state index in [1.165, 1.54) is 12.2 Å². The molecule has 0 aromatic carbocycles. The molecule has 0 spiro atoms. The van der Waals surface area contributed by atoms with Crippen molar-refractivity contribution in [3.63, 3.8) is 0 Å². The molecule has 1 heterocycles. The van der Waals surface area contributed by atoms with Crippen LogP contribution in [0.3, 0.4) is 0 Å². The van der Waals surface area contributed by atoms with Gasteiger partial charge in [-0.3, -0.25) is 0 Å². The van der Waals surface area contributed by atoms with E-state index in [2.05, 4.69) is 12.8 Å². The summed E-state index contributed by atoms with van der Waals surface area (Å²) in [5.74, 6) is 3.81. The molecular weight excluding hydrogens is 180 g/mol. The minimum Gasteiger partial charge on any atom is -0.392 e. The Kier molecular flexibility index (Phi) is 4.15. The van der Waals surface area contributed by atoms with E-state index in [0.29, 0.717) is 0 Å². The molecule has 0 aliphatic carbocycles. The van der Waals surface area contributed by atoms with Gasteiger partial charge in [0.25, 0.3) is 0 Å². The summed E-state index contributed by atoms with van der Waals surface area (Å²) < 4.78 is 0.106. The lowest BCUT2D eigenvalue weighted by molar-refractivity contribution is 0.122. The molecule has 0 radical (unpaired) electrons. The van der Waals surface area contributed by atoms with Crippen molar-refractivity contribution in [3.8, 4) is 12.3 Å². The van der Waals surface area contributed by atoms with E-state index in [4.69, 9.17) is 6.42 Å². The molecule has 1 rings (SSSR count). The average molecular weight is 198 g/mol. The minimum atomic E-state index is -0.173. The van der Waals surface area contributed by atoms with Crippen LogP contribution in [0.2, 0.25) is 0 Å². The van der Waals surface area contributed by atoms with Gasteiger partial charge in [0, 0.05) is 11.2 Å². The van der Waals surface area contributed by atoms with Gasteiger partial charge in [-0.05, 0) is 38.4 Å². The highest BCUT2D eigenvalue weighted by Gasteiger charge is 2.36. The molecule has 1 fully saturated rings. The van der Waals surface area contributed by atoms with Crippen LogP contribution in [-0.4, -0.2) is 21.7 Å². The second-order valence-corrected chi connectivity index (χ2v) is 5.51. The molecule has 0 saturated carbocycles. The Morgan fingerprint density at radius 1 is 1.69 bits per heavy atom. The van der Waals surface area contributed by atoms with Gasteiger partial charge in [-0.25, -0.2) is 0 Å². The summed E-state index contributed by atoms with van der Waals surface area (Å²) in [6.45, 7) is 2.17. The molecule has 0 amide bonds. The second kappa shape index (κ2) is 4.93. The van der Waals surface area contributed by atoms with Crippen molar-refractivity contribution in [2.45, 2.75) is 49.9 Å². The average Bonchev–Trinajstić information content (AvgIpc) is 2.54. The van der Waals surface area contributed by atoms with Crippen LogP contribution in [-0.2, 0) is 0 Å². The first-order chi connectivity index (χ1) is 6.19. The van der Waals surface area contributed by atoms with Crippen LogP contribution < -0.4 is 0 Å². The van der Waals surface area contributed by atoms with Gasteiger partial charge < -0.3 is 5.11 Å². The smallest absolute Gasteiger partial charge is 0.0684 e. The van der Waals surface area contributed by atoms with Crippen LogP contribution in [0.4, 0.5) is 0 Å². The minimum absolute atomic E-state index is 0.106. The highest BCUT2D eigenvalue weighted by atomic mass is 32.2. The van der Waals surface area contributed by atoms with Crippen LogP contribution in [0.1, 0.15) is 39.0 Å². The molecule has 0 aromatic heterocycles. The fourth-order valence-electron chi connectivity index (χ4n) is 1.77. The normalized spacial score (nSPS) is 29.9. The summed E-state index contributed by atoms with van der Waals surface area (Å²) in [7, 11) is 0. The molecule has 1 saturated heterocycles. The van der Waals surface area contributed by atoms with Gasteiger partial charge in [0.15, 0.2) is 0 Å². The molecule has 2 atom stereocenters. The Morgan fingerprint density at radius 2 is 2.46 bits per heavy atom. The number of thioether (sulfide) groups is 1. The quantitative estimate of drug-likeness (QED) is 0.553. The number of unbranched alkanes of at least 4 members (excludes halogenated alkanes) is 1. The Hall–Kier alpha value is -0.130. The third-order valence-corrected chi connectivity index (χ3v) is 4.38. The molecule has 1 N–H and O–H groups in total. The lowest BCUT2D eigenvalue weighted by Gasteiger charge is -2.28. The van der Waals surface area contributed by atoms with E-state index in [0.717, 1.165) is 25.7 Å². The highest BCUT2D eigenvalue weighted by molar-refractivity contribution is 8.00. The maximum Gasteiger partial charge on any atom is 0.0684 e. The maximum atomic E-state index is 9.95. The summed E-state index contributed by atoms with van der Waals surface area (Å²) in [6.07, 6.45) is 9.98. The summed E-state index contributed by atoms with van der Waals surface area (Å²) >= 11 is 1.91. The summed E-state index contributed by atoms with van der Waals surface area (Å²) in [6, 6.07) is 0. The number of hydrogen-bond donors (Lipinski definition) is 1. The lowest BCUT2D eigenvalue weighted by atomic mass is 9.95. The van der Waals surface area contributed by atoms with Crippen molar-refractivity contribution >= 4 is 11.8 Å². The van der Waals surface area contributed by atoms with Gasteiger partial charge in [-0.2, -0.15) is 11.8 Å². The molecule has 1 nitrogen and oxygen atoms in total. The van der Waals surface area contributed by atoms with Crippen molar-refractivity contribution in [2.24, 2.45) is 0 Å². The predicted molar refractivity (Wildman–Crippen MR) is 58.8 cm³/mol. The van der Waals surface area contributed by atoms with Crippen molar-refractivity contribution in [2.75, 3.05) is 5.75 Å². The number of hydrogen-bond acceptors (Lipinski definition) is 2. The fraction of sp³-hybridized carbons (Fsp3) is 0.818. The van der Waals surface area contributed by atoms with E-state index in [1.807, 2.05) is 11.8 Å². The third kappa shape index (κ3) is 2.93. The van der Waals surface area contributed by atoms with E-state index in [9.17, 15) is 5.11 Å². The number of aliphatic hydroxyl groups is 1. The first kappa shape index (κ1) is 10.9. The van der Waals surface area contributed by atoms with Crippen molar-refractivity contribution in [1.82, 2.24) is 0 Å². The Morgan fingerprint density at radius 3 is 3.00 bits per heavy atom. The molecule has 1 aliphatic heterocycles. The largest absolute Gasteiger partial charge is 0.392 e. The SMILES string of the molecule is C#CCCCC(O)C1(C)CCCS1. The zero-order valence-electron chi connectivity index (χ0n) is 8.25. The van der Waals surface area contributed by atoms with Gasteiger partial charge in [-0.1, -0.05) is 0 Å². The summed E-state index contributed by atoms with van der Waals surface area (Å²) in [5, 5.41) is 9.95. The number of rotatable bonds is 4. The van der Waals surface area contributed by atoms with Crippen molar-refractivity contribution < 1.29 is 5.11 Å². The summed E-state index contributed by atoms with van der Waals surface area (Å²) in [4.78, 5) is 0. The standard InChI is InChI=1S/C11H18OS/c1-3-4-5-7-10(12)11(2)8-6-9-13-11/h1,10,12H,4-9H2,2H3. The third-order valence-electron chi connectivity index (χ3n) is 2.75. The van der Waals surface area contributed by atoms with Gasteiger partial charge in [-0.15, -0.1) is 12.3 Å². The van der Waals surface area contributed by atoms with Crippen LogP contribution in [0, 0.1) is 12.3 Å². The number of aliphatic hydroxyl groups excluding tert-OH is 1. The highest BCUT2D eigenvalue weighted by Crippen LogP contribution is 2.41. The maximum absolute atomic E-state index is 9.95. The zero-order valence-corrected chi connectivity index (χ0v) is 9.07. The first-order valence-corrected chi connectivity index (χ1v) is 5.93. The molecule has 1 aliphatic rings. The lowest BCUT2D eigenvalue weighted by Crippen LogP contribution is -2.33. The van der Waals surface area contributed by atoms with Crippen LogP contribution >= 0.6 is 11.8 Å². The Balaban J connectivity index is 2.29. The monoisotopic (exact) mass is 198 g/mol. The second-order valence-electron chi connectivity index (χ2n) is 3.88. The van der Waals surface area contributed by atoms with Crippen molar-refractivity contribution in [1.29, 1.82) is 0 Å². The van der Waals surface area contributed by atoms with E-state index in [1.54, 1.807) is 0 Å². The van der Waals surface area contributed by atoms with Crippen LogP contribution in [0.25, 0.3) is 0 Å². The molecule has 13 heavy (non-hydrogen) atoms. The Labute approximate surface area is 85.3 Å². The van der Waals surface area contributed by atoms with Crippen molar-refractivity contribution in [3.05, 3.63) is 0 Å². The molecule has 2 unspecified atom stereocenters. The van der Waals surface area contributed by atoms with E-state index < -0.39 is 0 Å². The van der Waals surface area contributed by atoms with Gasteiger partial charge in [0.2, 0.25) is 0 Å². The molecule has 74 valence electrons. The van der Waals surface area contributed by atoms with E-state index >= 15 is 0 Å². The van der Waals surface area contributed by atoms with Crippen LogP contribution in [0.5, 0.6) is 0 Å². The zero-order chi connectivity index (χ0) is 9.73. The molecule has 0 aromatic rings. The van der Waals surface area contributed by atoms with E-state index in [-0.39, 0.29) is 10.9 Å². The molecule has 2 heteroatoms. The fourth-order valence-corrected chi connectivity index (χ4v) is 3.12. The van der Waals surface area contributed by atoms with Gasteiger partial charge in [0.1, 0.15) is 0 Å². The van der Waals surface area contributed by atoms with Crippen LogP contribution in [0.15, 0.2) is 0 Å².